The second-order valence-electron chi connectivity index (χ2n) is 4.20. The SMILES string of the molecule is Cc1csc2c(NC(C)CCCCl)ncnc12. The number of hydrogen-bond acceptors (Lipinski definition) is 4. The summed E-state index contributed by atoms with van der Waals surface area (Å²) >= 11 is 7.39. The standard InChI is InChI=1S/C12H16ClN3S/c1-8-6-17-11-10(8)14-7-15-12(11)16-9(2)4-3-5-13/h6-7,9H,3-5H2,1-2H3,(H,14,15,16). The Balaban J connectivity index is 2.18. The first-order valence-corrected chi connectivity index (χ1v) is 7.15. The number of halogens is 1. The van der Waals surface area contributed by atoms with E-state index < -0.39 is 0 Å². The molecule has 0 saturated heterocycles. The van der Waals surface area contributed by atoms with Gasteiger partial charge in [-0.2, -0.15) is 0 Å². The molecule has 2 rings (SSSR count). The zero-order valence-electron chi connectivity index (χ0n) is 10.0. The van der Waals surface area contributed by atoms with Gasteiger partial charge >= 0.3 is 0 Å². The van der Waals surface area contributed by atoms with Gasteiger partial charge in [0.2, 0.25) is 0 Å². The first-order chi connectivity index (χ1) is 8.22. The van der Waals surface area contributed by atoms with Gasteiger partial charge in [-0.15, -0.1) is 22.9 Å². The third-order valence-corrected chi connectivity index (χ3v) is 4.05. The van der Waals surface area contributed by atoms with Crippen molar-refractivity contribution in [2.45, 2.75) is 32.7 Å². The molecule has 3 nitrogen and oxygen atoms in total. The van der Waals surface area contributed by atoms with E-state index in [1.807, 2.05) is 0 Å². The van der Waals surface area contributed by atoms with Crippen molar-refractivity contribution in [3.63, 3.8) is 0 Å². The molecule has 0 aliphatic carbocycles. The van der Waals surface area contributed by atoms with E-state index in [1.54, 1.807) is 17.7 Å². The zero-order valence-corrected chi connectivity index (χ0v) is 11.6. The third kappa shape index (κ3) is 2.87. The second kappa shape index (κ2) is 5.65. The highest BCUT2D eigenvalue weighted by Crippen LogP contribution is 2.28. The summed E-state index contributed by atoms with van der Waals surface area (Å²) in [4.78, 5) is 8.63. The Morgan fingerprint density at radius 3 is 3.06 bits per heavy atom. The number of anilines is 1. The van der Waals surface area contributed by atoms with Gasteiger partial charge in [0.1, 0.15) is 12.1 Å². The lowest BCUT2D eigenvalue weighted by Gasteiger charge is -2.13. The lowest BCUT2D eigenvalue weighted by Crippen LogP contribution is -2.16. The van der Waals surface area contributed by atoms with Gasteiger partial charge in [-0.25, -0.2) is 9.97 Å². The molecule has 0 fully saturated rings. The predicted molar refractivity (Wildman–Crippen MR) is 75.2 cm³/mol. The van der Waals surface area contributed by atoms with Gasteiger partial charge in [0, 0.05) is 11.9 Å². The van der Waals surface area contributed by atoms with Gasteiger partial charge in [-0.05, 0) is 37.6 Å². The molecule has 0 aliphatic heterocycles. The van der Waals surface area contributed by atoms with Crippen molar-refractivity contribution in [2.24, 2.45) is 0 Å². The normalized spacial score (nSPS) is 12.9. The van der Waals surface area contributed by atoms with E-state index in [9.17, 15) is 0 Å². The first kappa shape index (κ1) is 12.6. The maximum atomic E-state index is 5.70. The number of fused-ring (bicyclic) bond motifs is 1. The van der Waals surface area contributed by atoms with Gasteiger partial charge in [-0.1, -0.05) is 0 Å². The number of aryl methyl sites for hydroxylation is 1. The van der Waals surface area contributed by atoms with Crippen LogP contribution < -0.4 is 5.32 Å². The highest BCUT2D eigenvalue weighted by molar-refractivity contribution is 7.18. The van der Waals surface area contributed by atoms with Crippen LogP contribution in [0.1, 0.15) is 25.3 Å². The molecular weight excluding hydrogens is 254 g/mol. The molecule has 0 amide bonds. The molecule has 0 spiro atoms. The molecule has 2 aromatic heterocycles. The lowest BCUT2D eigenvalue weighted by atomic mass is 10.2. The minimum atomic E-state index is 0.384. The van der Waals surface area contributed by atoms with E-state index in [4.69, 9.17) is 11.6 Å². The Morgan fingerprint density at radius 2 is 2.29 bits per heavy atom. The average Bonchev–Trinajstić information content (AvgIpc) is 2.70. The van der Waals surface area contributed by atoms with Crippen LogP contribution in [-0.4, -0.2) is 21.9 Å². The molecule has 1 atom stereocenters. The Kier molecular flexibility index (Phi) is 4.18. The fourth-order valence-corrected chi connectivity index (χ4v) is 2.87. The molecule has 92 valence electrons. The van der Waals surface area contributed by atoms with Gasteiger partial charge in [0.15, 0.2) is 0 Å². The number of rotatable bonds is 5. The molecular formula is C12H16ClN3S. The third-order valence-electron chi connectivity index (χ3n) is 2.68. The van der Waals surface area contributed by atoms with E-state index in [1.165, 1.54) is 5.56 Å². The van der Waals surface area contributed by atoms with Gasteiger partial charge < -0.3 is 5.32 Å². The second-order valence-corrected chi connectivity index (χ2v) is 5.45. The van der Waals surface area contributed by atoms with Crippen LogP contribution >= 0.6 is 22.9 Å². The number of nitrogens with zero attached hydrogens (tertiary/aromatic N) is 2. The number of hydrogen-bond donors (Lipinski definition) is 1. The van der Waals surface area contributed by atoms with Crippen molar-refractivity contribution in [1.82, 2.24) is 9.97 Å². The maximum Gasteiger partial charge on any atom is 0.147 e. The van der Waals surface area contributed by atoms with Gasteiger partial charge in [0.05, 0.1) is 10.2 Å². The van der Waals surface area contributed by atoms with Crippen LogP contribution in [0.15, 0.2) is 11.7 Å². The lowest BCUT2D eigenvalue weighted by molar-refractivity contribution is 0.691. The van der Waals surface area contributed by atoms with Crippen molar-refractivity contribution in [1.29, 1.82) is 0 Å². The minimum absolute atomic E-state index is 0.384. The van der Waals surface area contributed by atoms with Gasteiger partial charge in [0.25, 0.3) is 0 Å². The van der Waals surface area contributed by atoms with E-state index in [0.29, 0.717) is 11.9 Å². The molecule has 1 N–H and O–H groups in total. The van der Waals surface area contributed by atoms with Gasteiger partial charge in [-0.3, -0.25) is 0 Å². The zero-order chi connectivity index (χ0) is 12.3. The summed E-state index contributed by atoms with van der Waals surface area (Å²) in [7, 11) is 0. The van der Waals surface area contributed by atoms with Crippen LogP contribution in [0.25, 0.3) is 10.2 Å². The summed E-state index contributed by atoms with van der Waals surface area (Å²) in [6, 6.07) is 0.384. The molecule has 0 bridgehead atoms. The average molecular weight is 270 g/mol. The Hall–Kier alpha value is -0.870. The minimum Gasteiger partial charge on any atom is -0.366 e. The Bertz CT molecular complexity index is 497. The van der Waals surface area contributed by atoms with Crippen LogP contribution in [0.5, 0.6) is 0 Å². The van der Waals surface area contributed by atoms with Crippen molar-refractivity contribution in [3.8, 4) is 0 Å². The molecule has 5 heteroatoms. The highest BCUT2D eigenvalue weighted by atomic mass is 35.5. The Labute approximate surface area is 110 Å². The fourth-order valence-electron chi connectivity index (χ4n) is 1.76. The molecule has 1 unspecified atom stereocenters. The van der Waals surface area contributed by atoms with Crippen LogP contribution in [0, 0.1) is 6.92 Å². The summed E-state index contributed by atoms with van der Waals surface area (Å²) in [6.07, 6.45) is 3.70. The summed E-state index contributed by atoms with van der Waals surface area (Å²) < 4.78 is 1.14. The molecule has 0 aliphatic rings. The van der Waals surface area contributed by atoms with E-state index in [0.717, 1.165) is 28.9 Å². The van der Waals surface area contributed by atoms with Crippen LogP contribution in [-0.2, 0) is 0 Å². The number of alkyl halides is 1. The number of nitrogens with one attached hydrogen (secondary N) is 1. The van der Waals surface area contributed by atoms with E-state index in [2.05, 4.69) is 34.5 Å². The van der Waals surface area contributed by atoms with Crippen molar-refractivity contribution < 1.29 is 0 Å². The van der Waals surface area contributed by atoms with Crippen molar-refractivity contribution in [2.75, 3.05) is 11.2 Å². The molecule has 0 saturated carbocycles. The highest BCUT2D eigenvalue weighted by Gasteiger charge is 2.10. The van der Waals surface area contributed by atoms with Crippen molar-refractivity contribution >= 4 is 39.0 Å². The molecule has 2 aromatic rings. The molecule has 0 aromatic carbocycles. The van der Waals surface area contributed by atoms with E-state index in [-0.39, 0.29) is 0 Å². The molecule has 17 heavy (non-hydrogen) atoms. The largest absolute Gasteiger partial charge is 0.366 e. The first-order valence-electron chi connectivity index (χ1n) is 5.73. The van der Waals surface area contributed by atoms with Crippen LogP contribution in [0.2, 0.25) is 0 Å². The molecule has 2 heterocycles. The van der Waals surface area contributed by atoms with Crippen molar-refractivity contribution in [3.05, 3.63) is 17.3 Å². The summed E-state index contributed by atoms with van der Waals surface area (Å²) in [5, 5.41) is 5.55. The fraction of sp³-hybridized carbons (Fsp3) is 0.500. The van der Waals surface area contributed by atoms with E-state index >= 15 is 0 Å². The monoisotopic (exact) mass is 269 g/mol. The maximum absolute atomic E-state index is 5.70. The topological polar surface area (TPSA) is 37.8 Å². The number of aromatic nitrogens is 2. The smallest absolute Gasteiger partial charge is 0.147 e. The predicted octanol–water partition coefficient (Wildman–Crippen LogP) is 3.82. The van der Waals surface area contributed by atoms with Crippen LogP contribution in [0.3, 0.4) is 0 Å². The number of thiophene rings is 1. The quantitative estimate of drug-likeness (QED) is 0.839. The summed E-state index contributed by atoms with van der Waals surface area (Å²) in [5.41, 5.74) is 2.26. The Morgan fingerprint density at radius 1 is 1.47 bits per heavy atom. The summed E-state index contributed by atoms with van der Waals surface area (Å²) in [6.45, 7) is 4.23. The molecule has 0 radical (unpaired) electrons. The van der Waals surface area contributed by atoms with Crippen LogP contribution in [0.4, 0.5) is 5.82 Å². The summed E-state index contributed by atoms with van der Waals surface area (Å²) in [5.74, 6) is 1.65.